The number of nitrogens with one attached hydrogen (secondary N) is 1. The summed E-state index contributed by atoms with van der Waals surface area (Å²) in [7, 11) is 0. The number of hydrogen-bond donors (Lipinski definition) is 3. The molecule has 29 heavy (non-hydrogen) atoms. The molecule has 4 N–H and O–H groups in total. The van der Waals surface area contributed by atoms with E-state index >= 15 is 0 Å². The van der Waals surface area contributed by atoms with Crippen LogP contribution in [0.3, 0.4) is 0 Å². The van der Waals surface area contributed by atoms with E-state index in [4.69, 9.17) is 19.9 Å². The number of hydrogen-bond acceptors (Lipinski definition) is 9. The summed E-state index contributed by atoms with van der Waals surface area (Å²) in [5, 5.41) is 10.3. The highest BCUT2D eigenvalue weighted by molar-refractivity contribution is 5.71. The van der Waals surface area contributed by atoms with Crippen LogP contribution in [0, 0.1) is 0 Å². The van der Waals surface area contributed by atoms with Gasteiger partial charge in [-0.1, -0.05) is 18.2 Å². The topological polar surface area (TPSA) is 155 Å². The third-order valence-electron chi connectivity index (χ3n) is 4.47. The SMILES string of the molecule is Nc1nc2c(ncn2C2CC(O)C(COC(=O)COc3ccccc3)O2)c(=O)[nH]1. The molecule has 1 aliphatic rings. The van der Waals surface area contributed by atoms with Crippen molar-refractivity contribution >= 4 is 23.1 Å². The predicted molar refractivity (Wildman–Crippen MR) is 100.0 cm³/mol. The fraction of sp³-hybridized carbons (Fsp3) is 0.333. The van der Waals surface area contributed by atoms with E-state index in [1.54, 1.807) is 24.3 Å². The molecule has 0 aliphatic carbocycles. The average Bonchev–Trinajstić information content (AvgIpc) is 3.29. The third-order valence-corrected chi connectivity index (χ3v) is 4.47. The number of aromatic nitrogens is 4. The number of carbonyl (C=O) groups excluding carboxylic acids is 1. The Bertz CT molecular complexity index is 1070. The molecule has 1 aromatic carbocycles. The van der Waals surface area contributed by atoms with E-state index in [2.05, 4.69) is 15.0 Å². The fourth-order valence-electron chi connectivity index (χ4n) is 3.07. The number of nitrogens with two attached hydrogens (primary N) is 1. The number of ether oxygens (including phenoxy) is 3. The Labute approximate surface area is 164 Å². The van der Waals surface area contributed by atoms with E-state index in [-0.39, 0.29) is 36.7 Å². The number of aromatic amines is 1. The smallest absolute Gasteiger partial charge is 0.344 e. The lowest BCUT2D eigenvalue weighted by Gasteiger charge is -2.16. The van der Waals surface area contributed by atoms with Crippen LogP contribution in [0.25, 0.3) is 11.2 Å². The fourth-order valence-corrected chi connectivity index (χ4v) is 3.07. The maximum Gasteiger partial charge on any atom is 0.344 e. The molecule has 2 aromatic heterocycles. The molecule has 0 amide bonds. The van der Waals surface area contributed by atoms with Crippen LogP contribution in [0.1, 0.15) is 12.6 Å². The lowest BCUT2D eigenvalue weighted by Crippen LogP contribution is -2.29. The van der Waals surface area contributed by atoms with E-state index < -0.39 is 30.0 Å². The number of para-hydroxylation sites is 1. The zero-order valence-corrected chi connectivity index (χ0v) is 15.2. The highest BCUT2D eigenvalue weighted by Crippen LogP contribution is 2.30. The minimum Gasteiger partial charge on any atom is -0.482 e. The van der Waals surface area contributed by atoms with Crippen molar-refractivity contribution in [3.05, 3.63) is 47.0 Å². The predicted octanol–water partition coefficient (Wildman–Crippen LogP) is -0.0276. The van der Waals surface area contributed by atoms with Gasteiger partial charge in [-0.05, 0) is 12.1 Å². The number of imidazole rings is 1. The van der Waals surface area contributed by atoms with E-state index in [9.17, 15) is 14.7 Å². The van der Waals surface area contributed by atoms with Gasteiger partial charge in [0.2, 0.25) is 5.95 Å². The molecule has 3 aromatic rings. The molecule has 4 rings (SSSR count). The van der Waals surface area contributed by atoms with Crippen molar-refractivity contribution in [2.45, 2.75) is 24.9 Å². The van der Waals surface area contributed by atoms with Crippen LogP contribution < -0.4 is 16.0 Å². The molecule has 11 nitrogen and oxygen atoms in total. The summed E-state index contributed by atoms with van der Waals surface area (Å²) < 4.78 is 17.8. The van der Waals surface area contributed by atoms with E-state index in [1.165, 1.54) is 10.9 Å². The van der Waals surface area contributed by atoms with Crippen molar-refractivity contribution in [2.75, 3.05) is 18.9 Å². The molecule has 0 saturated carbocycles. The zero-order valence-electron chi connectivity index (χ0n) is 15.2. The number of carbonyl (C=O) groups is 1. The van der Waals surface area contributed by atoms with Crippen LogP contribution in [-0.2, 0) is 14.3 Å². The first kappa shape index (κ1) is 18.9. The number of aliphatic hydroxyl groups is 1. The average molecular weight is 401 g/mol. The van der Waals surface area contributed by atoms with Gasteiger partial charge < -0.3 is 25.1 Å². The highest BCUT2D eigenvalue weighted by atomic mass is 16.6. The second-order valence-corrected chi connectivity index (χ2v) is 6.49. The number of H-pyrrole nitrogens is 1. The minimum absolute atomic E-state index is 0.0494. The number of fused-ring (bicyclic) bond motifs is 1. The Hall–Kier alpha value is -3.44. The Morgan fingerprint density at radius 1 is 1.38 bits per heavy atom. The zero-order chi connectivity index (χ0) is 20.4. The minimum atomic E-state index is -0.875. The van der Waals surface area contributed by atoms with Gasteiger partial charge in [0.05, 0.1) is 12.4 Å². The highest BCUT2D eigenvalue weighted by Gasteiger charge is 2.36. The second-order valence-electron chi connectivity index (χ2n) is 6.49. The van der Waals surface area contributed by atoms with Crippen molar-refractivity contribution in [2.24, 2.45) is 0 Å². The standard InChI is InChI=1S/C18H19N5O6/c19-18-21-16-15(17(26)22-18)20-9-23(16)13-6-11(24)12(29-13)7-28-14(25)8-27-10-4-2-1-3-5-10/h1-5,9,11-13,24H,6-8H2,(H3,19,21,22,26). The van der Waals surface area contributed by atoms with E-state index in [1.807, 2.05) is 6.07 Å². The monoisotopic (exact) mass is 401 g/mol. The van der Waals surface area contributed by atoms with Gasteiger partial charge in [-0.15, -0.1) is 0 Å². The van der Waals surface area contributed by atoms with Gasteiger partial charge in [-0.2, -0.15) is 4.98 Å². The largest absolute Gasteiger partial charge is 0.482 e. The maximum absolute atomic E-state index is 11.9. The molecule has 0 radical (unpaired) electrons. The second kappa shape index (κ2) is 7.89. The number of rotatable bonds is 6. The van der Waals surface area contributed by atoms with Crippen molar-refractivity contribution in [1.82, 2.24) is 19.5 Å². The maximum atomic E-state index is 11.9. The van der Waals surface area contributed by atoms with Crippen LogP contribution in [-0.4, -0.2) is 56.0 Å². The van der Waals surface area contributed by atoms with Gasteiger partial charge in [0.1, 0.15) is 24.7 Å². The first-order chi connectivity index (χ1) is 14.0. The van der Waals surface area contributed by atoms with Gasteiger partial charge in [-0.3, -0.25) is 14.3 Å². The van der Waals surface area contributed by atoms with Gasteiger partial charge in [0, 0.05) is 6.42 Å². The molecule has 152 valence electrons. The summed E-state index contributed by atoms with van der Waals surface area (Å²) in [5.74, 6) is -0.0794. The van der Waals surface area contributed by atoms with Crippen LogP contribution >= 0.6 is 0 Å². The van der Waals surface area contributed by atoms with Crippen LogP contribution in [0.2, 0.25) is 0 Å². The number of esters is 1. The first-order valence-electron chi connectivity index (χ1n) is 8.90. The summed E-state index contributed by atoms with van der Waals surface area (Å²) in [6.07, 6.45) is -0.640. The number of anilines is 1. The first-order valence-corrected chi connectivity index (χ1v) is 8.90. The number of benzene rings is 1. The lowest BCUT2D eigenvalue weighted by atomic mass is 10.2. The lowest BCUT2D eigenvalue weighted by molar-refractivity contribution is -0.152. The van der Waals surface area contributed by atoms with Gasteiger partial charge >= 0.3 is 5.97 Å². The van der Waals surface area contributed by atoms with Crippen molar-refractivity contribution in [3.8, 4) is 5.75 Å². The molecular weight excluding hydrogens is 382 g/mol. The molecular formula is C18H19N5O6. The molecule has 0 spiro atoms. The summed E-state index contributed by atoms with van der Waals surface area (Å²) in [5.41, 5.74) is 5.49. The molecule has 1 aliphatic heterocycles. The molecule has 11 heteroatoms. The van der Waals surface area contributed by atoms with Crippen molar-refractivity contribution in [1.29, 1.82) is 0 Å². The Morgan fingerprint density at radius 3 is 2.97 bits per heavy atom. The molecule has 1 saturated heterocycles. The van der Waals surface area contributed by atoms with E-state index in [0.29, 0.717) is 5.75 Å². The summed E-state index contributed by atoms with van der Waals surface area (Å²) in [6.45, 7) is -0.397. The normalized spacial score (nSPS) is 21.3. The van der Waals surface area contributed by atoms with Gasteiger partial charge in [-0.25, -0.2) is 9.78 Å². The number of nitrogen functional groups attached to an aromatic ring is 1. The summed E-state index contributed by atoms with van der Waals surface area (Å²) in [4.78, 5) is 34.2. The van der Waals surface area contributed by atoms with Gasteiger partial charge in [0.25, 0.3) is 5.56 Å². The summed E-state index contributed by atoms with van der Waals surface area (Å²) in [6, 6.07) is 8.87. The van der Waals surface area contributed by atoms with Crippen molar-refractivity contribution < 1.29 is 24.1 Å². The number of nitrogens with zero attached hydrogens (tertiary/aromatic N) is 3. The summed E-state index contributed by atoms with van der Waals surface area (Å²) >= 11 is 0. The molecule has 3 unspecified atom stereocenters. The molecule has 1 fully saturated rings. The van der Waals surface area contributed by atoms with E-state index in [0.717, 1.165) is 0 Å². The molecule has 3 heterocycles. The Kier molecular flexibility index (Phi) is 5.14. The molecule has 3 atom stereocenters. The molecule has 0 bridgehead atoms. The number of aliphatic hydroxyl groups excluding tert-OH is 1. The van der Waals surface area contributed by atoms with Crippen LogP contribution in [0.4, 0.5) is 5.95 Å². The Morgan fingerprint density at radius 2 is 2.17 bits per heavy atom. The quantitative estimate of drug-likeness (QED) is 0.483. The van der Waals surface area contributed by atoms with Crippen molar-refractivity contribution in [3.63, 3.8) is 0 Å². The third kappa shape index (κ3) is 4.05. The van der Waals surface area contributed by atoms with Gasteiger partial charge in [0.15, 0.2) is 17.8 Å². The Balaban J connectivity index is 1.35. The van der Waals surface area contributed by atoms with Crippen LogP contribution in [0.15, 0.2) is 41.5 Å². The van der Waals surface area contributed by atoms with Crippen LogP contribution in [0.5, 0.6) is 5.75 Å².